The third-order valence-corrected chi connectivity index (χ3v) is 2.45. The molecule has 1 nitrogen and oxygen atoms in total. The summed E-state index contributed by atoms with van der Waals surface area (Å²) < 4.78 is 0. The Kier molecular flexibility index (Phi) is 2.58. The van der Waals surface area contributed by atoms with Gasteiger partial charge in [0.15, 0.2) is 0 Å². The molecule has 11 heavy (non-hydrogen) atoms. The lowest BCUT2D eigenvalue weighted by Gasteiger charge is -2.20. The zero-order valence-electron chi connectivity index (χ0n) is 8.28. The Morgan fingerprint density at radius 1 is 1.36 bits per heavy atom. The molecule has 0 aromatic carbocycles. The molecule has 1 N–H and O–H groups in total. The largest absolute Gasteiger partial charge is 0.312 e. The minimum Gasteiger partial charge on any atom is -0.312 e. The molecule has 2 atom stereocenters. The van der Waals surface area contributed by atoms with E-state index in [1.54, 1.807) is 0 Å². The van der Waals surface area contributed by atoms with Crippen molar-refractivity contribution in [1.82, 2.24) is 5.32 Å². The summed E-state index contributed by atoms with van der Waals surface area (Å²) in [6.07, 6.45) is 2.84. The summed E-state index contributed by atoms with van der Waals surface area (Å²) in [5.74, 6) is 2.04. The van der Waals surface area contributed by atoms with Gasteiger partial charge in [-0.05, 0) is 52.0 Å². The normalized spacial score (nSPS) is 30.5. The Labute approximate surface area is 70.6 Å². The highest BCUT2D eigenvalue weighted by Gasteiger charge is 2.31. The molecule has 1 aliphatic rings. The van der Waals surface area contributed by atoms with Crippen LogP contribution in [0.25, 0.3) is 0 Å². The van der Waals surface area contributed by atoms with Gasteiger partial charge in [0.05, 0.1) is 0 Å². The molecule has 0 aromatic heterocycles. The number of hydrogen-bond donors (Lipinski definition) is 1. The lowest BCUT2D eigenvalue weighted by atomic mass is 10.1. The average molecular weight is 155 g/mol. The van der Waals surface area contributed by atoms with Crippen molar-refractivity contribution in [3.05, 3.63) is 0 Å². The minimum absolute atomic E-state index is 0.304. The quantitative estimate of drug-likeness (QED) is 0.660. The Bertz CT molecular complexity index is 123. The highest BCUT2D eigenvalue weighted by atomic mass is 14.9. The van der Waals surface area contributed by atoms with Crippen LogP contribution in [0.3, 0.4) is 0 Å². The van der Waals surface area contributed by atoms with E-state index < -0.39 is 0 Å². The molecule has 0 aliphatic heterocycles. The van der Waals surface area contributed by atoms with E-state index in [1.807, 2.05) is 0 Å². The van der Waals surface area contributed by atoms with E-state index in [2.05, 4.69) is 33.0 Å². The molecule has 1 fully saturated rings. The fraction of sp³-hybridized carbons (Fsp3) is 1.00. The molecular weight excluding hydrogens is 134 g/mol. The second-order valence-corrected chi connectivity index (χ2v) is 4.94. The smallest absolute Gasteiger partial charge is 0.00965 e. The summed E-state index contributed by atoms with van der Waals surface area (Å²) in [6, 6.07) is 0. The van der Waals surface area contributed by atoms with Gasteiger partial charge in [0, 0.05) is 5.54 Å². The van der Waals surface area contributed by atoms with Gasteiger partial charge in [-0.25, -0.2) is 0 Å². The van der Waals surface area contributed by atoms with E-state index in [4.69, 9.17) is 0 Å². The predicted molar refractivity (Wildman–Crippen MR) is 49.6 cm³/mol. The molecule has 1 heteroatoms. The van der Waals surface area contributed by atoms with Crippen LogP contribution in [0.5, 0.6) is 0 Å². The average Bonchev–Trinajstić information content (AvgIpc) is 2.43. The van der Waals surface area contributed by atoms with Gasteiger partial charge < -0.3 is 5.32 Å². The van der Waals surface area contributed by atoms with Crippen molar-refractivity contribution in [3.63, 3.8) is 0 Å². The molecule has 0 amide bonds. The first-order valence-corrected chi connectivity index (χ1v) is 4.74. The van der Waals surface area contributed by atoms with Crippen molar-refractivity contribution in [3.8, 4) is 0 Å². The fourth-order valence-electron chi connectivity index (χ4n) is 1.43. The first-order valence-electron chi connectivity index (χ1n) is 4.74. The first-order chi connectivity index (χ1) is 4.99. The van der Waals surface area contributed by atoms with Crippen molar-refractivity contribution in [1.29, 1.82) is 0 Å². The number of rotatable bonds is 3. The molecule has 1 aliphatic carbocycles. The van der Waals surface area contributed by atoms with Crippen molar-refractivity contribution in [2.75, 3.05) is 6.54 Å². The first kappa shape index (κ1) is 9.05. The summed E-state index contributed by atoms with van der Waals surface area (Å²) in [5.41, 5.74) is 0.304. The predicted octanol–water partition coefficient (Wildman–Crippen LogP) is 2.42. The maximum Gasteiger partial charge on any atom is 0.00965 e. The van der Waals surface area contributed by atoms with Crippen LogP contribution in [0.4, 0.5) is 0 Å². The Balaban J connectivity index is 1.97. The summed E-state index contributed by atoms with van der Waals surface area (Å²) in [4.78, 5) is 0. The Hall–Kier alpha value is -0.0400. The maximum atomic E-state index is 3.51. The van der Waals surface area contributed by atoms with Crippen LogP contribution in [0.15, 0.2) is 0 Å². The van der Waals surface area contributed by atoms with Crippen LogP contribution in [-0.4, -0.2) is 12.1 Å². The molecule has 0 aromatic rings. The molecule has 0 bridgehead atoms. The highest BCUT2D eigenvalue weighted by molar-refractivity contribution is 4.83. The minimum atomic E-state index is 0.304. The lowest BCUT2D eigenvalue weighted by Crippen LogP contribution is -2.36. The zero-order chi connectivity index (χ0) is 8.48. The lowest BCUT2D eigenvalue weighted by molar-refractivity contribution is 0.413. The van der Waals surface area contributed by atoms with Crippen molar-refractivity contribution < 1.29 is 0 Å². The summed E-state index contributed by atoms with van der Waals surface area (Å²) >= 11 is 0. The standard InChI is InChI=1S/C10H21N/c1-8-7-9(8)5-6-11-10(2,3)4/h8-9,11H,5-7H2,1-4H3/t8-,9+/m1/s1. The molecule has 1 rings (SSSR count). The van der Waals surface area contributed by atoms with Crippen molar-refractivity contribution >= 4 is 0 Å². The molecule has 0 saturated heterocycles. The van der Waals surface area contributed by atoms with Crippen molar-refractivity contribution in [2.24, 2.45) is 11.8 Å². The van der Waals surface area contributed by atoms with Crippen molar-refractivity contribution in [2.45, 2.75) is 46.1 Å². The van der Waals surface area contributed by atoms with Gasteiger partial charge in [0.25, 0.3) is 0 Å². The highest BCUT2D eigenvalue weighted by Crippen LogP contribution is 2.40. The van der Waals surface area contributed by atoms with Gasteiger partial charge >= 0.3 is 0 Å². The molecule has 1 saturated carbocycles. The Morgan fingerprint density at radius 3 is 2.27 bits per heavy atom. The van der Waals surface area contributed by atoms with Crippen LogP contribution in [0.2, 0.25) is 0 Å². The Morgan fingerprint density at radius 2 is 1.91 bits per heavy atom. The number of hydrogen-bond acceptors (Lipinski definition) is 1. The number of nitrogens with one attached hydrogen (secondary N) is 1. The zero-order valence-corrected chi connectivity index (χ0v) is 8.28. The van der Waals surface area contributed by atoms with Gasteiger partial charge in [-0.2, -0.15) is 0 Å². The van der Waals surface area contributed by atoms with Gasteiger partial charge in [0.1, 0.15) is 0 Å². The second-order valence-electron chi connectivity index (χ2n) is 4.94. The van der Waals surface area contributed by atoms with Crippen LogP contribution in [0.1, 0.15) is 40.5 Å². The van der Waals surface area contributed by atoms with Crippen LogP contribution in [0, 0.1) is 11.8 Å². The van der Waals surface area contributed by atoms with E-state index in [-0.39, 0.29) is 0 Å². The SMILES string of the molecule is C[C@@H]1C[C@@H]1CCNC(C)(C)C. The molecule has 0 unspecified atom stereocenters. The summed E-state index contributed by atoms with van der Waals surface area (Å²) in [5, 5.41) is 3.51. The van der Waals surface area contributed by atoms with E-state index >= 15 is 0 Å². The second kappa shape index (κ2) is 3.14. The molecule has 0 heterocycles. The van der Waals surface area contributed by atoms with E-state index in [0.29, 0.717) is 5.54 Å². The molecule has 0 spiro atoms. The monoisotopic (exact) mass is 155 g/mol. The molecule has 0 radical (unpaired) electrons. The van der Waals surface area contributed by atoms with E-state index in [9.17, 15) is 0 Å². The topological polar surface area (TPSA) is 12.0 Å². The summed E-state index contributed by atoms with van der Waals surface area (Å²) in [7, 11) is 0. The van der Waals surface area contributed by atoms with Crippen LogP contribution >= 0.6 is 0 Å². The third-order valence-electron chi connectivity index (χ3n) is 2.45. The van der Waals surface area contributed by atoms with E-state index in [1.165, 1.54) is 19.4 Å². The van der Waals surface area contributed by atoms with Gasteiger partial charge in [-0.1, -0.05) is 6.92 Å². The van der Waals surface area contributed by atoms with Gasteiger partial charge in [-0.3, -0.25) is 0 Å². The fourth-order valence-corrected chi connectivity index (χ4v) is 1.43. The third kappa shape index (κ3) is 3.76. The van der Waals surface area contributed by atoms with Gasteiger partial charge in [0.2, 0.25) is 0 Å². The van der Waals surface area contributed by atoms with Gasteiger partial charge in [-0.15, -0.1) is 0 Å². The molecule has 66 valence electrons. The molecular formula is C10H21N. The summed E-state index contributed by atoms with van der Waals surface area (Å²) in [6.45, 7) is 10.2. The van der Waals surface area contributed by atoms with Crippen LogP contribution in [-0.2, 0) is 0 Å². The van der Waals surface area contributed by atoms with Crippen LogP contribution < -0.4 is 5.32 Å². The van der Waals surface area contributed by atoms with E-state index in [0.717, 1.165) is 11.8 Å². The maximum absolute atomic E-state index is 3.51.